The molecule has 2 aliphatic rings. The lowest BCUT2D eigenvalue weighted by molar-refractivity contribution is 0.0446. The van der Waals surface area contributed by atoms with Crippen LogP contribution in [-0.4, -0.2) is 57.2 Å². The highest BCUT2D eigenvalue weighted by Gasteiger charge is 2.36. The number of rotatable bonds is 13. The number of benzene rings is 2. The molecule has 0 bridgehead atoms. The Hall–Kier alpha value is -4.22. The van der Waals surface area contributed by atoms with Gasteiger partial charge in [-0.2, -0.15) is 9.97 Å². The molecule has 51 heavy (non-hydrogen) atoms. The minimum atomic E-state index is -0.883. The monoisotopic (exact) mass is 694 g/mol. The molecule has 1 aliphatic heterocycles. The van der Waals surface area contributed by atoms with Gasteiger partial charge >= 0.3 is 6.01 Å². The first-order chi connectivity index (χ1) is 24.3. The molecule has 0 amide bonds. The van der Waals surface area contributed by atoms with Crippen LogP contribution in [0.5, 0.6) is 11.8 Å². The first-order valence-corrected chi connectivity index (χ1v) is 18.7. The van der Waals surface area contributed by atoms with Gasteiger partial charge in [-0.1, -0.05) is 70.9 Å². The molecule has 2 atom stereocenters. The fraction of sp³-hybridized carbons (Fsp3) is 0.512. The number of fused-ring (bicyclic) bond motifs is 2. The van der Waals surface area contributed by atoms with Crippen molar-refractivity contribution >= 4 is 39.5 Å². The van der Waals surface area contributed by atoms with Gasteiger partial charge in [-0.25, -0.2) is 4.39 Å². The minimum absolute atomic E-state index is 0.0256. The molecule has 7 nitrogen and oxygen atoms in total. The number of aliphatic imine (C=N–C) groups is 1. The molecule has 0 saturated carbocycles. The summed E-state index contributed by atoms with van der Waals surface area (Å²) in [5, 5.41) is 23.3. The molecule has 2 unspecified atom stereocenters. The Morgan fingerprint density at radius 2 is 1.90 bits per heavy atom. The van der Waals surface area contributed by atoms with Crippen LogP contribution in [0.2, 0.25) is 0 Å². The van der Waals surface area contributed by atoms with E-state index >= 15 is 4.39 Å². The van der Waals surface area contributed by atoms with Gasteiger partial charge in [-0.05, 0) is 88.6 Å². The number of terminal acetylenes is 1. The van der Waals surface area contributed by atoms with Gasteiger partial charge in [0, 0.05) is 41.1 Å². The molecule has 8 heteroatoms. The van der Waals surface area contributed by atoms with Crippen LogP contribution in [0.15, 0.2) is 35.3 Å². The van der Waals surface area contributed by atoms with Crippen molar-refractivity contribution in [3.63, 3.8) is 0 Å². The third-order valence-corrected chi connectivity index (χ3v) is 10.2. The summed E-state index contributed by atoms with van der Waals surface area (Å²) >= 11 is 0. The number of nitrogens with zero attached hydrogens (tertiary/aromatic N) is 4. The number of aromatic hydroxyl groups is 1. The number of piperidine rings is 1. The van der Waals surface area contributed by atoms with Gasteiger partial charge in [0.05, 0.1) is 34.7 Å². The highest BCUT2D eigenvalue weighted by atomic mass is 19.1. The lowest BCUT2D eigenvalue weighted by Gasteiger charge is -2.39. The number of aromatic nitrogens is 2. The van der Waals surface area contributed by atoms with Crippen LogP contribution < -0.4 is 9.64 Å². The summed E-state index contributed by atoms with van der Waals surface area (Å²) in [4.78, 5) is 17.4. The molecule has 0 radical (unpaired) electrons. The second kappa shape index (κ2) is 16.0. The Bertz CT molecular complexity index is 1890. The summed E-state index contributed by atoms with van der Waals surface area (Å²) in [6, 6.07) is 6.36. The molecule has 2 aromatic carbocycles. The molecule has 1 saturated heterocycles. The van der Waals surface area contributed by atoms with E-state index in [-0.39, 0.29) is 28.8 Å². The summed E-state index contributed by atoms with van der Waals surface area (Å²) in [6.07, 6.45) is 19.2. The van der Waals surface area contributed by atoms with E-state index in [0.717, 1.165) is 62.6 Å². The predicted octanol–water partition coefficient (Wildman–Crippen LogP) is 9.77. The van der Waals surface area contributed by atoms with Gasteiger partial charge in [0.1, 0.15) is 17.4 Å². The zero-order chi connectivity index (χ0) is 36.9. The highest BCUT2D eigenvalue weighted by molar-refractivity contribution is 6.50. The van der Waals surface area contributed by atoms with Crippen molar-refractivity contribution in [3.8, 4) is 24.1 Å². The number of β-amino-alcohol motifs (C(OH)–C–C–N with tert-alkyl or cyclic N) is 1. The SMILES string of the molecule is C#Cc1c(F)ccc2cc(O)cc(C3=Cc4nc(OCC(C)(CCCC)CCCCC)nc(N5CCCC(C)(O)C5)c4/C(=C/C)C3=NC(C)C)c12. The number of hydrogen-bond acceptors (Lipinski definition) is 7. The number of phenolic OH excluding ortho intramolecular Hbond substituents is 1. The number of anilines is 1. The molecular weight excluding hydrogens is 639 g/mol. The summed E-state index contributed by atoms with van der Waals surface area (Å²) in [6.45, 7) is 16.2. The number of phenols is 1. The van der Waals surface area contributed by atoms with Crippen molar-refractivity contribution in [3.05, 3.63) is 58.5 Å². The topological polar surface area (TPSA) is 91.1 Å². The molecule has 1 aromatic heterocycles. The molecule has 5 rings (SSSR count). The Morgan fingerprint density at radius 3 is 2.57 bits per heavy atom. The lowest BCUT2D eigenvalue weighted by atomic mass is 9.81. The van der Waals surface area contributed by atoms with Crippen LogP contribution >= 0.6 is 0 Å². The maximum Gasteiger partial charge on any atom is 0.318 e. The normalized spacial score (nSPS) is 20.4. The largest absolute Gasteiger partial charge is 0.508 e. The van der Waals surface area contributed by atoms with Crippen LogP contribution in [0.3, 0.4) is 0 Å². The van der Waals surface area contributed by atoms with Crippen molar-refractivity contribution in [2.45, 2.75) is 118 Å². The van der Waals surface area contributed by atoms with Crippen LogP contribution in [0.4, 0.5) is 10.2 Å². The number of ether oxygens (including phenoxy) is 1. The molecule has 2 heterocycles. The standard InChI is InChI=1S/C43H55FN4O3/c1-9-13-15-20-42(7,19-14-10-2)27-51-41-46-36-25-34(33-24-30(49)23-29-17-18-35(44)31(11-3)37(29)33)39(45-28(5)6)32(12-4)38(36)40(47-41)48-22-16-21-43(8,50)26-48/h3,12,17-18,23-25,28,49-50H,9-10,13-16,19-22,26-27H2,1-2,4-8H3/b32-12-,45-39?. The number of unbranched alkanes of at least 4 members (excludes halogenated alkanes) is 3. The van der Waals surface area contributed by atoms with Crippen molar-refractivity contribution in [1.29, 1.82) is 0 Å². The summed E-state index contributed by atoms with van der Waals surface area (Å²) in [5.41, 5.74) is 3.35. The Kier molecular flexibility index (Phi) is 11.9. The first kappa shape index (κ1) is 38.0. The molecule has 2 N–H and O–H groups in total. The fourth-order valence-electron chi connectivity index (χ4n) is 7.55. The molecule has 0 spiro atoms. The van der Waals surface area contributed by atoms with Crippen molar-refractivity contribution in [2.75, 3.05) is 24.6 Å². The Morgan fingerprint density at radius 1 is 1.16 bits per heavy atom. The second-order valence-electron chi connectivity index (χ2n) is 15.3. The fourth-order valence-corrected chi connectivity index (χ4v) is 7.55. The van der Waals surface area contributed by atoms with E-state index in [1.165, 1.54) is 12.5 Å². The summed E-state index contributed by atoms with van der Waals surface area (Å²) in [5.74, 6) is 2.76. The maximum atomic E-state index is 15.3. The van der Waals surface area contributed by atoms with E-state index in [2.05, 4.69) is 31.6 Å². The van der Waals surface area contributed by atoms with E-state index in [4.69, 9.17) is 26.1 Å². The molecule has 272 valence electrons. The van der Waals surface area contributed by atoms with E-state index in [9.17, 15) is 10.2 Å². The number of halogens is 1. The average molecular weight is 695 g/mol. The minimum Gasteiger partial charge on any atom is -0.508 e. The lowest BCUT2D eigenvalue weighted by Crippen LogP contribution is -2.47. The second-order valence-corrected chi connectivity index (χ2v) is 15.3. The van der Waals surface area contributed by atoms with Crippen LogP contribution in [0, 0.1) is 23.6 Å². The molecule has 1 aliphatic carbocycles. The smallest absolute Gasteiger partial charge is 0.318 e. The van der Waals surface area contributed by atoms with E-state index in [1.807, 2.05) is 39.8 Å². The maximum absolute atomic E-state index is 15.3. The van der Waals surface area contributed by atoms with Crippen LogP contribution in [0.1, 0.15) is 129 Å². The third-order valence-electron chi connectivity index (χ3n) is 10.2. The van der Waals surface area contributed by atoms with Gasteiger partial charge in [0.2, 0.25) is 0 Å². The first-order valence-electron chi connectivity index (χ1n) is 18.7. The van der Waals surface area contributed by atoms with Gasteiger partial charge < -0.3 is 19.8 Å². The average Bonchev–Trinajstić information content (AvgIpc) is 3.08. The van der Waals surface area contributed by atoms with E-state index < -0.39 is 11.4 Å². The highest BCUT2D eigenvalue weighted by Crippen LogP contribution is 2.44. The molecular formula is C43H55FN4O3. The predicted molar refractivity (Wildman–Crippen MR) is 209 cm³/mol. The van der Waals surface area contributed by atoms with Crippen molar-refractivity contribution in [1.82, 2.24) is 9.97 Å². The van der Waals surface area contributed by atoms with Crippen molar-refractivity contribution in [2.24, 2.45) is 10.4 Å². The number of aliphatic hydroxyl groups is 1. The van der Waals surface area contributed by atoms with Crippen molar-refractivity contribution < 1.29 is 19.3 Å². The third kappa shape index (κ3) is 8.47. The Balaban J connectivity index is 1.76. The van der Waals surface area contributed by atoms with Gasteiger partial charge in [0.25, 0.3) is 0 Å². The zero-order valence-electron chi connectivity index (χ0n) is 31.6. The molecule has 3 aromatic rings. The van der Waals surface area contributed by atoms with Gasteiger partial charge in [0.15, 0.2) is 0 Å². The van der Waals surface area contributed by atoms with Crippen LogP contribution in [0.25, 0.3) is 28.0 Å². The summed E-state index contributed by atoms with van der Waals surface area (Å²) < 4.78 is 21.8. The Labute approximate surface area is 303 Å². The molecule has 1 fully saturated rings. The van der Waals surface area contributed by atoms with Gasteiger partial charge in [-0.3, -0.25) is 4.99 Å². The van der Waals surface area contributed by atoms with Crippen LogP contribution in [-0.2, 0) is 0 Å². The quantitative estimate of drug-likeness (QED) is 0.137. The van der Waals surface area contributed by atoms with E-state index in [1.54, 1.807) is 18.2 Å². The number of hydrogen-bond donors (Lipinski definition) is 2. The van der Waals surface area contributed by atoms with Gasteiger partial charge in [-0.15, -0.1) is 6.42 Å². The summed E-state index contributed by atoms with van der Waals surface area (Å²) in [7, 11) is 0. The van der Waals surface area contributed by atoms with E-state index in [0.29, 0.717) is 58.7 Å². The number of allylic oxidation sites excluding steroid dienone is 3. The zero-order valence-corrected chi connectivity index (χ0v) is 31.6.